The Bertz CT molecular complexity index is 1000. The van der Waals surface area contributed by atoms with Crippen LogP contribution in [0.25, 0.3) is 10.8 Å². The van der Waals surface area contributed by atoms with Gasteiger partial charge in [-0.1, -0.05) is 47.5 Å². The highest BCUT2D eigenvalue weighted by Crippen LogP contribution is 2.30. The smallest absolute Gasteiger partial charge is 0.275 e. The number of hydrogen-bond acceptors (Lipinski definition) is 4. The quantitative estimate of drug-likeness (QED) is 0.471. The average molecular weight is 375 g/mol. The number of carbonyl (C=O) groups excluding carboxylic acids is 1. The maximum Gasteiger partial charge on any atom is 0.275 e. The van der Waals surface area contributed by atoms with Crippen LogP contribution in [0.3, 0.4) is 0 Å². The predicted molar refractivity (Wildman–Crippen MR) is 98.8 cm³/mol. The molecule has 0 fully saturated rings. The molecule has 0 saturated carbocycles. The molecule has 7 heteroatoms. The summed E-state index contributed by atoms with van der Waals surface area (Å²) in [6.45, 7) is 0. The van der Waals surface area contributed by atoms with E-state index in [9.17, 15) is 15.0 Å². The van der Waals surface area contributed by atoms with Crippen molar-refractivity contribution < 1.29 is 15.0 Å². The molecule has 0 radical (unpaired) electrons. The molecule has 3 aromatic carbocycles. The Hall–Kier alpha value is -2.76. The number of benzene rings is 3. The lowest BCUT2D eigenvalue weighted by Gasteiger charge is -2.06. The number of phenolic OH excluding ortho intramolecular Hbond substituents is 2. The lowest BCUT2D eigenvalue weighted by atomic mass is 10.1. The van der Waals surface area contributed by atoms with Crippen LogP contribution in [0.15, 0.2) is 53.6 Å². The fraction of sp³-hybridized carbons (Fsp3) is 0. The van der Waals surface area contributed by atoms with Crippen LogP contribution in [-0.4, -0.2) is 22.3 Å². The van der Waals surface area contributed by atoms with Gasteiger partial charge in [0, 0.05) is 10.6 Å². The van der Waals surface area contributed by atoms with Gasteiger partial charge < -0.3 is 10.2 Å². The van der Waals surface area contributed by atoms with Crippen LogP contribution in [0.1, 0.15) is 15.9 Å². The van der Waals surface area contributed by atoms with E-state index < -0.39 is 5.91 Å². The lowest BCUT2D eigenvalue weighted by molar-refractivity contribution is 0.0952. The van der Waals surface area contributed by atoms with Gasteiger partial charge in [-0.3, -0.25) is 4.79 Å². The van der Waals surface area contributed by atoms with Crippen LogP contribution in [-0.2, 0) is 0 Å². The molecule has 3 rings (SSSR count). The number of hydrogen-bond donors (Lipinski definition) is 3. The third-order valence-electron chi connectivity index (χ3n) is 3.54. The van der Waals surface area contributed by atoms with Crippen molar-refractivity contribution in [2.24, 2.45) is 5.10 Å². The van der Waals surface area contributed by atoms with Crippen molar-refractivity contribution in [3.63, 3.8) is 0 Å². The number of nitrogens with zero attached hydrogens (tertiary/aromatic N) is 1. The summed E-state index contributed by atoms with van der Waals surface area (Å²) >= 11 is 11.7. The standard InChI is InChI=1S/C18H12Cl2N2O3/c19-13-5-12(17(24)15(20)8-13)9-21-22-18(25)14-6-10-3-1-2-4-11(10)7-16(14)23/h1-9,23-24H,(H,22,25)/b21-9+. The zero-order valence-corrected chi connectivity index (χ0v) is 14.2. The number of hydrazone groups is 1. The molecule has 0 aliphatic carbocycles. The molecule has 0 aliphatic heterocycles. The maximum atomic E-state index is 12.2. The number of nitrogens with one attached hydrogen (secondary N) is 1. The Balaban J connectivity index is 1.82. The van der Waals surface area contributed by atoms with Crippen LogP contribution >= 0.6 is 23.2 Å². The van der Waals surface area contributed by atoms with Gasteiger partial charge in [-0.05, 0) is 35.0 Å². The van der Waals surface area contributed by atoms with E-state index in [0.717, 1.165) is 10.8 Å². The number of aromatic hydroxyl groups is 2. The molecule has 0 unspecified atom stereocenters. The zero-order valence-electron chi connectivity index (χ0n) is 12.7. The number of rotatable bonds is 3. The summed E-state index contributed by atoms with van der Waals surface area (Å²) in [5, 5.41) is 25.7. The third-order valence-corrected chi connectivity index (χ3v) is 4.04. The molecular weight excluding hydrogens is 363 g/mol. The molecule has 1 amide bonds. The summed E-state index contributed by atoms with van der Waals surface area (Å²) in [6.07, 6.45) is 1.21. The Morgan fingerprint density at radius 1 is 1.04 bits per heavy atom. The molecule has 0 aliphatic rings. The van der Waals surface area contributed by atoms with Crippen LogP contribution in [0, 0.1) is 0 Å². The van der Waals surface area contributed by atoms with Crippen molar-refractivity contribution >= 4 is 46.1 Å². The topological polar surface area (TPSA) is 81.9 Å². The molecule has 0 saturated heterocycles. The van der Waals surface area contributed by atoms with Gasteiger partial charge in [0.15, 0.2) is 0 Å². The predicted octanol–water partition coefficient (Wildman–Crippen LogP) is 4.32. The Kier molecular flexibility index (Phi) is 4.79. The van der Waals surface area contributed by atoms with E-state index in [-0.39, 0.29) is 27.6 Å². The van der Waals surface area contributed by atoms with Crippen LogP contribution in [0.2, 0.25) is 10.0 Å². The van der Waals surface area contributed by atoms with Gasteiger partial charge in [0.05, 0.1) is 16.8 Å². The van der Waals surface area contributed by atoms with Crippen LogP contribution < -0.4 is 5.43 Å². The second kappa shape index (κ2) is 7.01. The number of amides is 1. The highest BCUT2D eigenvalue weighted by molar-refractivity contribution is 6.36. The van der Waals surface area contributed by atoms with E-state index in [1.54, 1.807) is 6.07 Å². The summed E-state index contributed by atoms with van der Waals surface area (Å²) in [5.41, 5.74) is 2.63. The highest BCUT2D eigenvalue weighted by atomic mass is 35.5. The van der Waals surface area contributed by atoms with Gasteiger partial charge in [0.1, 0.15) is 11.5 Å². The van der Waals surface area contributed by atoms with Crippen molar-refractivity contribution in [3.05, 3.63) is 69.7 Å². The van der Waals surface area contributed by atoms with Crippen LogP contribution in [0.4, 0.5) is 0 Å². The first-order chi connectivity index (χ1) is 12.0. The third kappa shape index (κ3) is 3.68. The molecule has 25 heavy (non-hydrogen) atoms. The Morgan fingerprint density at radius 2 is 1.72 bits per heavy atom. The van der Waals surface area contributed by atoms with Gasteiger partial charge in [-0.15, -0.1) is 0 Å². The molecule has 5 nitrogen and oxygen atoms in total. The fourth-order valence-corrected chi connectivity index (χ4v) is 2.82. The fourth-order valence-electron chi connectivity index (χ4n) is 2.32. The van der Waals surface area contributed by atoms with E-state index >= 15 is 0 Å². The largest absolute Gasteiger partial charge is 0.507 e. The first-order valence-electron chi connectivity index (χ1n) is 7.19. The lowest BCUT2D eigenvalue weighted by Crippen LogP contribution is -2.17. The summed E-state index contributed by atoms with van der Waals surface area (Å²) in [7, 11) is 0. The van der Waals surface area contributed by atoms with Gasteiger partial charge in [0.25, 0.3) is 5.91 Å². The van der Waals surface area contributed by atoms with Crippen molar-refractivity contribution in [1.29, 1.82) is 0 Å². The van der Waals surface area contributed by atoms with Crippen molar-refractivity contribution in [2.45, 2.75) is 0 Å². The van der Waals surface area contributed by atoms with Gasteiger partial charge >= 0.3 is 0 Å². The van der Waals surface area contributed by atoms with Crippen LogP contribution in [0.5, 0.6) is 11.5 Å². The normalized spacial score (nSPS) is 11.1. The SMILES string of the molecule is O=C(N/N=C/c1cc(Cl)cc(Cl)c1O)c1cc2ccccc2cc1O. The second-order valence-corrected chi connectivity index (χ2v) is 6.08. The Labute approximate surface area is 153 Å². The monoisotopic (exact) mass is 374 g/mol. The first-order valence-corrected chi connectivity index (χ1v) is 7.94. The minimum Gasteiger partial charge on any atom is -0.507 e. The van der Waals surface area contributed by atoms with E-state index in [1.165, 1.54) is 24.4 Å². The summed E-state index contributed by atoms with van der Waals surface area (Å²) in [4.78, 5) is 12.2. The number of phenols is 2. The van der Waals surface area contributed by atoms with Crippen molar-refractivity contribution in [2.75, 3.05) is 0 Å². The first kappa shape index (κ1) is 17.1. The molecule has 3 aromatic rings. The van der Waals surface area contributed by atoms with E-state index in [1.807, 2.05) is 24.3 Å². The maximum absolute atomic E-state index is 12.2. The average Bonchev–Trinajstić information content (AvgIpc) is 2.58. The van der Waals surface area contributed by atoms with Gasteiger partial charge in [-0.2, -0.15) is 5.10 Å². The number of halogens is 2. The van der Waals surface area contributed by atoms with E-state index in [2.05, 4.69) is 10.5 Å². The van der Waals surface area contributed by atoms with Gasteiger partial charge in [-0.25, -0.2) is 5.43 Å². The minimum atomic E-state index is -0.591. The summed E-state index contributed by atoms with van der Waals surface area (Å²) in [5.74, 6) is -0.940. The minimum absolute atomic E-state index is 0.0763. The van der Waals surface area contributed by atoms with Gasteiger partial charge in [0.2, 0.25) is 0 Å². The zero-order chi connectivity index (χ0) is 18.0. The molecule has 126 valence electrons. The number of carbonyl (C=O) groups is 1. The molecule has 0 aromatic heterocycles. The summed E-state index contributed by atoms with van der Waals surface area (Å²) in [6, 6.07) is 13.3. The molecule has 0 atom stereocenters. The van der Waals surface area contributed by atoms with E-state index in [4.69, 9.17) is 23.2 Å². The molecule has 0 heterocycles. The Morgan fingerprint density at radius 3 is 2.44 bits per heavy atom. The highest BCUT2D eigenvalue weighted by Gasteiger charge is 2.12. The van der Waals surface area contributed by atoms with Crippen molar-refractivity contribution in [1.82, 2.24) is 5.43 Å². The molecule has 0 spiro atoms. The second-order valence-electron chi connectivity index (χ2n) is 5.24. The van der Waals surface area contributed by atoms with E-state index in [0.29, 0.717) is 5.02 Å². The summed E-state index contributed by atoms with van der Waals surface area (Å²) < 4.78 is 0. The number of fused-ring (bicyclic) bond motifs is 1. The molecule has 0 bridgehead atoms. The van der Waals surface area contributed by atoms with Crippen molar-refractivity contribution in [3.8, 4) is 11.5 Å². The molecule has 3 N–H and O–H groups in total. The molecular formula is C18H12Cl2N2O3.